The fraction of sp³-hybridized carbons (Fsp3) is 1.00. The largest absolute Gasteiger partial charge is 0.385 e. The summed E-state index contributed by atoms with van der Waals surface area (Å²) in [5, 5.41) is 0. The normalized spacial score (nSPS) is 11.1. The van der Waals surface area contributed by atoms with Crippen LogP contribution in [0.2, 0.25) is 0 Å². The molecule has 0 aliphatic heterocycles. The van der Waals surface area contributed by atoms with Crippen molar-refractivity contribution in [3.8, 4) is 0 Å². The van der Waals surface area contributed by atoms with Crippen LogP contribution in [0.25, 0.3) is 0 Å². The Morgan fingerprint density at radius 1 is 1.00 bits per heavy atom. The van der Waals surface area contributed by atoms with Crippen LogP contribution in [-0.2, 0) is 4.74 Å². The molecule has 0 aliphatic carbocycles. The number of rotatable bonds is 10. The van der Waals surface area contributed by atoms with Crippen molar-refractivity contribution >= 4 is 0 Å². The lowest BCUT2D eigenvalue weighted by Gasteiger charge is -2.15. The van der Waals surface area contributed by atoms with Gasteiger partial charge in [-0.05, 0) is 39.4 Å². The minimum Gasteiger partial charge on any atom is -0.385 e. The molecule has 0 aromatic heterocycles. The average Bonchev–Trinajstić information content (AvgIpc) is 2.18. The first-order chi connectivity index (χ1) is 6.81. The lowest BCUT2D eigenvalue weighted by atomic mass is 10.2. The number of ether oxygens (including phenoxy) is 1. The Morgan fingerprint density at radius 3 is 2.29 bits per heavy atom. The van der Waals surface area contributed by atoms with Gasteiger partial charge in [0.2, 0.25) is 0 Å². The number of hydrogen-bond acceptors (Lipinski definition) is 3. The fourth-order valence-electron chi connectivity index (χ4n) is 1.47. The van der Waals surface area contributed by atoms with Crippen LogP contribution in [0.5, 0.6) is 0 Å². The van der Waals surface area contributed by atoms with Crippen molar-refractivity contribution in [3.05, 3.63) is 0 Å². The van der Waals surface area contributed by atoms with Gasteiger partial charge in [0.25, 0.3) is 0 Å². The van der Waals surface area contributed by atoms with E-state index in [-0.39, 0.29) is 0 Å². The van der Waals surface area contributed by atoms with Crippen molar-refractivity contribution < 1.29 is 4.74 Å². The molecule has 2 N–H and O–H groups in total. The maximum Gasteiger partial charge on any atom is 0.0474 e. The number of nitrogens with zero attached hydrogens (tertiary/aromatic N) is 1. The summed E-state index contributed by atoms with van der Waals surface area (Å²) in [5.74, 6) is 0. The van der Waals surface area contributed by atoms with Crippen molar-refractivity contribution in [1.29, 1.82) is 0 Å². The second-order valence-electron chi connectivity index (χ2n) is 3.85. The molecule has 86 valence electrons. The first-order valence-electron chi connectivity index (χ1n) is 5.68. The average molecular weight is 202 g/mol. The molecule has 0 radical (unpaired) electrons. The molecule has 0 rings (SSSR count). The van der Waals surface area contributed by atoms with E-state index in [1.165, 1.54) is 32.2 Å². The quantitative estimate of drug-likeness (QED) is 0.545. The van der Waals surface area contributed by atoms with E-state index >= 15 is 0 Å². The summed E-state index contributed by atoms with van der Waals surface area (Å²) in [6.45, 7) is 4.06. The van der Waals surface area contributed by atoms with Gasteiger partial charge in [-0.1, -0.05) is 12.8 Å². The zero-order valence-corrected chi connectivity index (χ0v) is 9.80. The molecule has 0 atom stereocenters. The number of unbranched alkanes of at least 4 members (excludes halogenated alkanes) is 3. The number of nitrogens with two attached hydrogens (primary N) is 1. The molecule has 0 aliphatic rings. The molecule has 0 fully saturated rings. The summed E-state index contributed by atoms with van der Waals surface area (Å²) in [7, 11) is 3.94. The molecule has 3 heteroatoms. The van der Waals surface area contributed by atoms with E-state index in [0.717, 1.165) is 26.1 Å². The Balaban J connectivity index is 3.06. The number of hydrogen-bond donors (Lipinski definition) is 1. The summed E-state index contributed by atoms with van der Waals surface area (Å²) in [6, 6.07) is 0. The van der Waals surface area contributed by atoms with Gasteiger partial charge in [0.1, 0.15) is 0 Å². The zero-order valence-electron chi connectivity index (χ0n) is 9.80. The topological polar surface area (TPSA) is 38.5 Å². The van der Waals surface area contributed by atoms with Crippen LogP contribution < -0.4 is 5.73 Å². The van der Waals surface area contributed by atoms with Crippen molar-refractivity contribution in [2.24, 2.45) is 5.73 Å². The van der Waals surface area contributed by atoms with Gasteiger partial charge in [-0.2, -0.15) is 0 Å². The highest BCUT2D eigenvalue weighted by Gasteiger charge is 1.97. The van der Waals surface area contributed by atoms with E-state index in [1.54, 1.807) is 7.11 Å². The number of methoxy groups -OCH3 is 1. The summed E-state index contributed by atoms with van der Waals surface area (Å²) in [5.41, 5.74) is 5.43. The van der Waals surface area contributed by atoms with E-state index in [0.29, 0.717) is 0 Å². The molecule has 0 saturated carbocycles. The van der Waals surface area contributed by atoms with E-state index in [9.17, 15) is 0 Å². The van der Waals surface area contributed by atoms with Gasteiger partial charge in [-0.15, -0.1) is 0 Å². The Bertz CT molecular complexity index is 109. The maximum absolute atomic E-state index is 5.43. The highest BCUT2D eigenvalue weighted by Crippen LogP contribution is 2.00. The van der Waals surface area contributed by atoms with Gasteiger partial charge < -0.3 is 15.4 Å². The molecule has 0 amide bonds. The van der Waals surface area contributed by atoms with E-state index in [2.05, 4.69) is 11.9 Å². The van der Waals surface area contributed by atoms with Crippen molar-refractivity contribution in [2.45, 2.75) is 32.1 Å². The summed E-state index contributed by atoms with van der Waals surface area (Å²) >= 11 is 0. The van der Waals surface area contributed by atoms with Gasteiger partial charge in [0.15, 0.2) is 0 Å². The molecular weight excluding hydrogens is 176 g/mol. The molecule has 0 aromatic rings. The molecule has 0 heterocycles. The molecule has 0 unspecified atom stereocenters. The minimum atomic E-state index is 0.837. The fourth-order valence-corrected chi connectivity index (χ4v) is 1.47. The third-order valence-electron chi connectivity index (χ3n) is 2.38. The van der Waals surface area contributed by atoms with Gasteiger partial charge in [0, 0.05) is 20.3 Å². The van der Waals surface area contributed by atoms with Gasteiger partial charge in [-0.3, -0.25) is 0 Å². The molecule has 14 heavy (non-hydrogen) atoms. The molecule has 0 spiro atoms. The van der Waals surface area contributed by atoms with E-state index < -0.39 is 0 Å². The Labute approximate surface area is 88.6 Å². The summed E-state index contributed by atoms with van der Waals surface area (Å²) in [6.07, 6.45) is 6.20. The second-order valence-corrected chi connectivity index (χ2v) is 3.85. The van der Waals surface area contributed by atoms with E-state index in [1.807, 2.05) is 0 Å². The summed E-state index contributed by atoms with van der Waals surface area (Å²) < 4.78 is 5.01. The molecule has 0 saturated heterocycles. The van der Waals surface area contributed by atoms with E-state index in [4.69, 9.17) is 10.5 Å². The second kappa shape index (κ2) is 11.0. The van der Waals surface area contributed by atoms with Crippen LogP contribution in [0.1, 0.15) is 32.1 Å². The Morgan fingerprint density at radius 2 is 1.64 bits per heavy atom. The molecular formula is C11H26N2O. The lowest BCUT2D eigenvalue weighted by molar-refractivity contribution is 0.179. The standard InChI is InChI=1S/C11H26N2O/c1-13(10-7-11-14-2)9-6-4-3-5-8-12/h3-12H2,1-2H3. The van der Waals surface area contributed by atoms with Crippen molar-refractivity contribution in [2.75, 3.05) is 40.4 Å². The Kier molecular flexibility index (Phi) is 10.9. The minimum absolute atomic E-state index is 0.837. The van der Waals surface area contributed by atoms with Gasteiger partial charge in [-0.25, -0.2) is 0 Å². The highest BCUT2D eigenvalue weighted by atomic mass is 16.5. The smallest absolute Gasteiger partial charge is 0.0474 e. The third kappa shape index (κ3) is 9.96. The zero-order chi connectivity index (χ0) is 10.6. The lowest BCUT2D eigenvalue weighted by Crippen LogP contribution is -2.21. The molecule has 0 aromatic carbocycles. The maximum atomic E-state index is 5.43. The Hall–Kier alpha value is -0.120. The van der Waals surface area contributed by atoms with Crippen LogP contribution in [0.3, 0.4) is 0 Å². The highest BCUT2D eigenvalue weighted by molar-refractivity contribution is 4.52. The predicted octanol–water partition coefficient (Wildman–Crippen LogP) is 1.47. The van der Waals surface area contributed by atoms with Crippen LogP contribution >= 0.6 is 0 Å². The third-order valence-corrected chi connectivity index (χ3v) is 2.38. The SMILES string of the molecule is COCCCN(C)CCCCCCN. The first-order valence-corrected chi connectivity index (χ1v) is 5.68. The van der Waals surface area contributed by atoms with Crippen LogP contribution in [0, 0.1) is 0 Å². The first kappa shape index (κ1) is 13.9. The van der Waals surface area contributed by atoms with Gasteiger partial charge in [0.05, 0.1) is 0 Å². The molecule has 3 nitrogen and oxygen atoms in total. The van der Waals surface area contributed by atoms with Crippen LogP contribution in [0.4, 0.5) is 0 Å². The predicted molar refractivity (Wildman–Crippen MR) is 61.5 cm³/mol. The van der Waals surface area contributed by atoms with Crippen LogP contribution in [0.15, 0.2) is 0 Å². The van der Waals surface area contributed by atoms with Gasteiger partial charge >= 0.3 is 0 Å². The van der Waals surface area contributed by atoms with Crippen molar-refractivity contribution in [3.63, 3.8) is 0 Å². The van der Waals surface area contributed by atoms with Crippen molar-refractivity contribution in [1.82, 2.24) is 4.90 Å². The summed E-state index contributed by atoms with van der Waals surface area (Å²) in [4.78, 5) is 2.38. The molecule has 0 bridgehead atoms. The monoisotopic (exact) mass is 202 g/mol. The van der Waals surface area contributed by atoms with Crippen LogP contribution in [-0.4, -0.2) is 45.3 Å².